The van der Waals surface area contributed by atoms with Crippen molar-refractivity contribution in [3.63, 3.8) is 0 Å². The Morgan fingerprint density at radius 3 is 1.91 bits per heavy atom. The SMILES string of the molecule is COc1ccc(/C=C/C=C/C=C/c2ccccc2)cc1OC. The molecule has 0 spiro atoms. The van der Waals surface area contributed by atoms with Gasteiger partial charge in [0.15, 0.2) is 11.5 Å². The van der Waals surface area contributed by atoms with Gasteiger partial charge in [0.05, 0.1) is 14.2 Å². The summed E-state index contributed by atoms with van der Waals surface area (Å²) in [4.78, 5) is 0. The maximum absolute atomic E-state index is 5.28. The standard InChI is InChI=1S/C20H20O2/c1-21-19-15-14-18(16-20(19)22-2)13-7-4-3-6-10-17-11-8-5-9-12-17/h3-16H,1-2H3/b4-3+,10-6+,13-7+. The average molecular weight is 292 g/mol. The van der Waals surface area contributed by atoms with Crippen molar-refractivity contribution in [3.05, 3.63) is 84.0 Å². The molecule has 0 bridgehead atoms. The first-order chi connectivity index (χ1) is 10.8. The van der Waals surface area contributed by atoms with Gasteiger partial charge in [-0.15, -0.1) is 0 Å². The summed E-state index contributed by atoms with van der Waals surface area (Å²) in [6, 6.07) is 16.1. The Balaban J connectivity index is 1.95. The lowest BCUT2D eigenvalue weighted by Crippen LogP contribution is -1.90. The molecular formula is C20H20O2. The summed E-state index contributed by atoms with van der Waals surface area (Å²) < 4.78 is 10.5. The van der Waals surface area contributed by atoms with Crippen LogP contribution in [0.4, 0.5) is 0 Å². The van der Waals surface area contributed by atoms with Gasteiger partial charge in [0.1, 0.15) is 0 Å². The van der Waals surface area contributed by atoms with Crippen LogP contribution < -0.4 is 9.47 Å². The number of benzene rings is 2. The Bertz CT molecular complexity index is 667. The Hall–Kier alpha value is -2.74. The van der Waals surface area contributed by atoms with Crippen LogP contribution in [-0.4, -0.2) is 14.2 Å². The number of hydrogen-bond donors (Lipinski definition) is 0. The lowest BCUT2D eigenvalue weighted by atomic mass is 10.2. The maximum Gasteiger partial charge on any atom is 0.161 e. The summed E-state index contributed by atoms with van der Waals surface area (Å²) >= 11 is 0. The summed E-state index contributed by atoms with van der Waals surface area (Å²) in [7, 11) is 3.27. The third-order valence-corrected chi connectivity index (χ3v) is 3.12. The molecule has 2 aromatic carbocycles. The van der Waals surface area contributed by atoms with Gasteiger partial charge in [-0.25, -0.2) is 0 Å². The fourth-order valence-corrected chi connectivity index (χ4v) is 1.98. The minimum Gasteiger partial charge on any atom is -0.493 e. The van der Waals surface area contributed by atoms with Crippen molar-refractivity contribution >= 4 is 12.2 Å². The number of methoxy groups -OCH3 is 2. The van der Waals surface area contributed by atoms with Gasteiger partial charge in [0.25, 0.3) is 0 Å². The Kier molecular flexibility index (Phi) is 6.06. The van der Waals surface area contributed by atoms with Gasteiger partial charge >= 0.3 is 0 Å². The van der Waals surface area contributed by atoms with Crippen LogP contribution in [0, 0.1) is 0 Å². The van der Waals surface area contributed by atoms with Crippen LogP contribution in [0.5, 0.6) is 11.5 Å². The lowest BCUT2D eigenvalue weighted by Gasteiger charge is -2.07. The molecule has 0 fully saturated rings. The number of hydrogen-bond acceptors (Lipinski definition) is 2. The molecule has 2 nitrogen and oxygen atoms in total. The van der Waals surface area contributed by atoms with Crippen molar-refractivity contribution in [1.29, 1.82) is 0 Å². The van der Waals surface area contributed by atoms with Crippen molar-refractivity contribution in [3.8, 4) is 11.5 Å². The molecule has 0 atom stereocenters. The summed E-state index contributed by atoms with van der Waals surface area (Å²) in [5, 5.41) is 0. The van der Waals surface area contributed by atoms with Gasteiger partial charge in [0, 0.05) is 0 Å². The number of rotatable bonds is 6. The van der Waals surface area contributed by atoms with E-state index >= 15 is 0 Å². The number of ether oxygens (including phenoxy) is 2. The first-order valence-corrected chi connectivity index (χ1v) is 7.12. The van der Waals surface area contributed by atoms with E-state index in [1.807, 2.05) is 66.8 Å². The molecule has 0 heterocycles. The molecule has 2 heteroatoms. The molecule has 112 valence electrons. The van der Waals surface area contributed by atoms with Gasteiger partial charge in [-0.1, -0.05) is 72.9 Å². The van der Waals surface area contributed by atoms with Crippen LogP contribution in [0.3, 0.4) is 0 Å². The van der Waals surface area contributed by atoms with Gasteiger partial charge in [-0.2, -0.15) is 0 Å². The molecule has 2 rings (SSSR count). The highest BCUT2D eigenvalue weighted by Crippen LogP contribution is 2.27. The van der Waals surface area contributed by atoms with Gasteiger partial charge < -0.3 is 9.47 Å². The molecule has 22 heavy (non-hydrogen) atoms. The van der Waals surface area contributed by atoms with Crippen LogP contribution in [0.15, 0.2) is 72.8 Å². The molecule has 2 aromatic rings. The van der Waals surface area contributed by atoms with Gasteiger partial charge in [-0.05, 0) is 23.3 Å². The van der Waals surface area contributed by atoms with Crippen LogP contribution in [0.25, 0.3) is 12.2 Å². The largest absolute Gasteiger partial charge is 0.493 e. The van der Waals surface area contributed by atoms with E-state index in [9.17, 15) is 0 Å². The van der Waals surface area contributed by atoms with Crippen LogP contribution in [-0.2, 0) is 0 Å². The second-order valence-corrected chi connectivity index (χ2v) is 4.63. The zero-order valence-electron chi connectivity index (χ0n) is 12.9. The molecule has 0 aliphatic rings. The Morgan fingerprint density at radius 1 is 0.636 bits per heavy atom. The van der Waals surface area contributed by atoms with E-state index in [1.165, 1.54) is 5.56 Å². The molecule has 0 N–H and O–H groups in total. The van der Waals surface area contributed by atoms with Crippen molar-refractivity contribution in [2.24, 2.45) is 0 Å². The lowest BCUT2D eigenvalue weighted by molar-refractivity contribution is 0.355. The third kappa shape index (κ3) is 4.67. The summed E-state index contributed by atoms with van der Waals surface area (Å²) in [5.41, 5.74) is 2.25. The highest BCUT2D eigenvalue weighted by atomic mass is 16.5. The van der Waals surface area contributed by atoms with E-state index in [0.717, 1.165) is 17.1 Å². The second kappa shape index (κ2) is 8.53. The molecule has 0 unspecified atom stereocenters. The average Bonchev–Trinajstić information content (AvgIpc) is 2.58. The zero-order valence-corrected chi connectivity index (χ0v) is 12.9. The fourth-order valence-electron chi connectivity index (χ4n) is 1.98. The molecule has 0 aromatic heterocycles. The minimum atomic E-state index is 0.734. The molecular weight excluding hydrogens is 272 g/mol. The van der Waals surface area contributed by atoms with E-state index in [1.54, 1.807) is 14.2 Å². The summed E-state index contributed by atoms with van der Waals surface area (Å²) in [6.45, 7) is 0. The topological polar surface area (TPSA) is 18.5 Å². The van der Waals surface area contributed by atoms with Crippen LogP contribution >= 0.6 is 0 Å². The van der Waals surface area contributed by atoms with E-state index < -0.39 is 0 Å². The van der Waals surface area contributed by atoms with E-state index in [0.29, 0.717) is 0 Å². The predicted molar refractivity (Wildman–Crippen MR) is 93.2 cm³/mol. The summed E-state index contributed by atoms with van der Waals surface area (Å²) in [5.74, 6) is 1.47. The molecule has 0 radical (unpaired) electrons. The highest BCUT2D eigenvalue weighted by Gasteiger charge is 2.01. The van der Waals surface area contributed by atoms with E-state index in [-0.39, 0.29) is 0 Å². The highest BCUT2D eigenvalue weighted by molar-refractivity contribution is 5.57. The molecule has 0 saturated carbocycles. The monoisotopic (exact) mass is 292 g/mol. The van der Waals surface area contributed by atoms with Crippen LogP contribution in [0.2, 0.25) is 0 Å². The first-order valence-electron chi connectivity index (χ1n) is 7.12. The smallest absolute Gasteiger partial charge is 0.161 e. The van der Waals surface area contributed by atoms with E-state index in [4.69, 9.17) is 9.47 Å². The van der Waals surface area contributed by atoms with Gasteiger partial charge in [0.2, 0.25) is 0 Å². The van der Waals surface area contributed by atoms with Crippen molar-refractivity contribution in [2.75, 3.05) is 14.2 Å². The van der Waals surface area contributed by atoms with Crippen molar-refractivity contribution < 1.29 is 9.47 Å². The molecule has 0 saturated heterocycles. The minimum absolute atomic E-state index is 0.734. The normalized spacial score (nSPS) is 11.5. The molecule has 0 amide bonds. The quantitative estimate of drug-likeness (QED) is 0.699. The van der Waals surface area contributed by atoms with Crippen LogP contribution in [0.1, 0.15) is 11.1 Å². The second-order valence-electron chi connectivity index (χ2n) is 4.63. The van der Waals surface area contributed by atoms with E-state index in [2.05, 4.69) is 18.2 Å². The zero-order chi connectivity index (χ0) is 15.6. The molecule has 0 aliphatic carbocycles. The predicted octanol–water partition coefficient (Wildman–Crippen LogP) is 4.99. The third-order valence-electron chi connectivity index (χ3n) is 3.12. The number of allylic oxidation sites excluding steroid dienone is 4. The van der Waals surface area contributed by atoms with Crippen molar-refractivity contribution in [1.82, 2.24) is 0 Å². The Labute approximate surface area is 132 Å². The maximum atomic E-state index is 5.28. The first kappa shape index (κ1) is 15.6. The molecule has 0 aliphatic heterocycles. The summed E-state index contributed by atoms with van der Waals surface area (Å²) in [6.07, 6.45) is 12.1. The van der Waals surface area contributed by atoms with Crippen molar-refractivity contribution in [2.45, 2.75) is 0 Å². The van der Waals surface area contributed by atoms with Gasteiger partial charge in [-0.3, -0.25) is 0 Å². The Morgan fingerprint density at radius 2 is 1.27 bits per heavy atom. The fraction of sp³-hybridized carbons (Fsp3) is 0.100.